The molecule has 2 aromatic rings. The molecule has 3 rings (SSSR count). The molecule has 0 unspecified atom stereocenters. The van der Waals surface area contributed by atoms with Crippen molar-refractivity contribution in [3.63, 3.8) is 0 Å². The van der Waals surface area contributed by atoms with E-state index in [0.717, 1.165) is 15.3 Å². The van der Waals surface area contributed by atoms with Gasteiger partial charge in [-0.25, -0.2) is 0 Å². The van der Waals surface area contributed by atoms with E-state index in [2.05, 4.69) is 6.07 Å². The highest BCUT2D eigenvalue weighted by Crippen LogP contribution is 2.35. The standard InChI is InChI=1S/C15H10N2O2S/c16-8-11-2-1-10(7-12(11)9-17)13-3-4-14(20-13)15-18-5-6-19-15/h1-4,7,15H,5-6H2. The van der Waals surface area contributed by atoms with Gasteiger partial charge in [-0.15, -0.1) is 11.3 Å². The van der Waals surface area contributed by atoms with Crippen molar-refractivity contribution in [1.29, 1.82) is 10.5 Å². The fourth-order valence-corrected chi connectivity index (χ4v) is 3.05. The van der Waals surface area contributed by atoms with Gasteiger partial charge in [0.05, 0.1) is 29.2 Å². The number of hydrogen-bond donors (Lipinski definition) is 0. The molecule has 98 valence electrons. The van der Waals surface area contributed by atoms with Crippen LogP contribution >= 0.6 is 11.3 Å². The number of hydrogen-bond acceptors (Lipinski definition) is 5. The lowest BCUT2D eigenvalue weighted by atomic mass is 10.0. The maximum absolute atomic E-state index is 9.06. The zero-order chi connectivity index (χ0) is 13.9. The summed E-state index contributed by atoms with van der Waals surface area (Å²) in [6, 6.07) is 13.3. The highest BCUT2D eigenvalue weighted by atomic mass is 32.1. The zero-order valence-corrected chi connectivity index (χ0v) is 11.3. The van der Waals surface area contributed by atoms with Gasteiger partial charge in [0.25, 0.3) is 0 Å². The van der Waals surface area contributed by atoms with Crippen LogP contribution in [-0.2, 0) is 9.47 Å². The summed E-state index contributed by atoms with van der Waals surface area (Å²) in [6.45, 7) is 1.24. The van der Waals surface area contributed by atoms with Crippen molar-refractivity contribution >= 4 is 11.3 Å². The Kier molecular flexibility index (Phi) is 3.49. The summed E-state index contributed by atoms with van der Waals surface area (Å²) < 4.78 is 10.9. The maximum atomic E-state index is 9.06. The molecular formula is C15H10N2O2S. The second-order valence-electron chi connectivity index (χ2n) is 4.26. The van der Waals surface area contributed by atoms with E-state index in [1.54, 1.807) is 23.5 Å². The molecule has 1 fully saturated rings. The minimum atomic E-state index is -0.275. The number of rotatable bonds is 2. The van der Waals surface area contributed by atoms with Gasteiger partial charge in [0.2, 0.25) is 0 Å². The second-order valence-corrected chi connectivity index (χ2v) is 5.37. The monoisotopic (exact) mass is 282 g/mol. The van der Waals surface area contributed by atoms with Crippen molar-refractivity contribution in [1.82, 2.24) is 0 Å². The van der Waals surface area contributed by atoms with Crippen LogP contribution in [0.2, 0.25) is 0 Å². The smallest absolute Gasteiger partial charge is 0.193 e. The van der Waals surface area contributed by atoms with Crippen molar-refractivity contribution < 1.29 is 9.47 Å². The number of nitriles is 2. The van der Waals surface area contributed by atoms with Crippen LogP contribution in [0.4, 0.5) is 0 Å². The third kappa shape index (κ3) is 2.31. The summed E-state index contributed by atoms with van der Waals surface area (Å²) in [5.74, 6) is 0. The first-order valence-corrected chi connectivity index (χ1v) is 6.91. The molecule has 0 bridgehead atoms. The third-order valence-corrected chi connectivity index (χ3v) is 4.18. The van der Waals surface area contributed by atoms with Gasteiger partial charge in [0.15, 0.2) is 6.29 Å². The van der Waals surface area contributed by atoms with Crippen LogP contribution in [0.25, 0.3) is 10.4 Å². The van der Waals surface area contributed by atoms with Crippen molar-refractivity contribution in [3.05, 3.63) is 46.3 Å². The Labute approximate surface area is 120 Å². The fourth-order valence-electron chi connectivity index (χ4n) is 2.04. The number of thiophene rings is 1. The second kappa shape index (κ2) is 5.44. The van der Waals surface area contributed by atoms with Crippen LogP contribution in [0.3, 0.4) is 0 Å². The molecule has 1 aromatic carbocycles. The Morgan fingerprint density at radius 2 is 1.75 bits per heavy atom. The van der Waals surface area contributed by atoms with Gasteiger partial charge in [-0.2, -0.15) is 10.5 Å². The van der Waals surface area contributed by atoms with Gasteiger partial charge >= 0.3 is 0 Å². The molecule has 0 saturated carbocycles. The number of ether oxygens (including phenoxy) is 2. The van der Waals surface area contributed by atoms with Gasteiger partial charge < -0.3 is 9.47 Å². The molecule has 20 heavy (non-hydrogen) atoms. The van der Waals surface area contributed by atoms with E-state index < -0.39 is 0 Å². The Morgan fingerprint density at radius 3 is 2.45 bits per heavy atom. The molecule has 0 aliphatic carbocycles. The SMILES string of the molecule is N#Cc1ccc(-c2ccc(C3OCCO3)s2)cc1C#N. The average molecular weight is 282 g/mol. The third-order valence-electron chi connectivity index (χ3n) is 3.03. The Morgan fingerprint density at radius 1 is 1.00 bits per heavy atom. The van der Waals surface area contributed by atoms with Gasteiger partial charge in [0.1, 0.15) is 12.1 Å². The van der Waals surface area contributed by atoms with Crippen molar-refractivity contribution in [2.75, 3.05) is 13.2 Å². The molecule has 0 N–H and O–H groups in total. The minimum absolute atomic E-state index is 0.275. The number of nitrogens with zero attached hydrogens (tertiary/aromatic N) is 2. The van der Waals surface area contributed by atoms with Crippen molar-refractivity contribution in [2.24, 2.45) is 0 Å². The summed E-state index contributed by atoms with van der Waals surface area (Å²) in [4.78, 5) is 2.04. The Bertz CT molecular complexity index is 718. The minimum Gasteiger partial charge on any atom is -0.345 e. The predicted molar refractivity (Wildman–Crippen MR) is 73.8 cm³/mol. The van der Waals surface area contributed by atoms with Crippen LogP contribution < -0.4 is 0 Å². The molecule has 0 amide bonds. The first-order chi connectivity index (χ1) is 9.81. The summed E-state index contributed by atoms with van der Waals surface area (Å²) in [7, 11) is 0. The lowest BCUT2D eigenvalue weighted by molar-refractivity contribution is -0.0413. The lowest BCUT2D eigenvalue weighted by Crippen LogP contribution is -1.93. The molecule has 0 spiro atoms. The van der Waals surface area contributed by atoms with E-state index in [0.29, 0.717) is 24.3 Å². The zero-order valence-electron chi connectivity index (χ0n) is 10.5. The molecule has 2 heterocycles. The van der Waals surface area contributed by atoms with E-state index >= 15 is 0 Å². The summed E-state index contributed by atoms with van der Waals surface area (Å²) >= 11 is 1.57. The quantitative estimate of drug-likeness (QED) is 0.848. The highest BCUT2D eigenvalue weighted by molar-refractivity contribution is 7.15. The molecule has 4 nitrogen and oxygen atoms in total. The molecule has 5 heteroatoms. The molecule has 1 aliphatic heterocycles. The summed E-state index contributed by atoms with van der Waals surface area (Å²) in [6.07, 6.45) is -0.275. The number of benzene rings is 1. The fraction of sp³-hybridized carbons (Fsp3) is 0.200. The average Bonchev–Trinajstić information content (AvgIpc) is 3.16. The van der Waals surface area contributed by atoms with Crippen LogP contribution in [0.1, 0.15) is 22.3 Å². The molecule has 0 atom stereocenters. The normalized spacial score (nSPS) is 14.9. The first kappa shape index (κ1) is 12.8. The van der Waals surface area contributed by atoms with E-state index in [4.69, 9.17) is 20.0 Å². The Balaban J connectivity index is 1.94. The summed E-state index contributed by atoms with van der Waals surface area (Å²) in [5, 5.41) is 18.0. The molecule has 1 aromatic heterocycles. The van der Waals surface area contributed by atoms with Crippen molar-refractivity contribution in [3.8, 4) is 22.6 Å². The van der Waals surface area contributed by atoms with E-state index in [-0.39, 0.29) is 6.29 Å². The van der Waals surface area contributed by atoms with Crippen LogP contribution in [0.15, 0.2) is 30.3 Å². The predicted octanol–water partition coefficient (Wildman–Crippen LogP) is 3.20. The highest BCUT2D eigenvalue weighted by Gasteiger charge is 2.20. The van der Waals surface area contributed by atoms with Gasteiger partial charge in [-0.3, -0.25) is 0 Å². The Hall–Kier alpha value is -2.18. The van der Waals surface area contributed by atoms with Gasteiger partial charge in [-0.1, -0.05) is 6.07 Å². The van der Waals surface area contributed by atoms with Crippen LogP contribution in [0, 0.1) is 22.7 Å². The van der Waals surface area contributed by atoms with Gasteiger partial charge in [0, 0.05) is 4.88 Å². The largest absolute Gasteiger partial charge is 0.345 e. The van der Waals surface area contributed by atoms with E-state index in [1.165, 1.54) is 0 Å². The van der Waals surface area contributed by atoms with Crippen LogP contribution in [-0.4, -0.2) is 13.2 Å². The first-order valence-electron chi connectivity index (χ1n) is 6.09. The van der Waals surface area contributed by atoms with Crippen molar-refractivity contribution in [2.45, 2.75) is 6.29 Å². The van der Waals surface area contributed by atoms with Gasteiger partial charge in [-0.05, 0) is 29.8 Å². The molecule has 1 saturated heterocycles. The molecular weight excluding hydrogens is 272 g/mol. The topological polar surface area (TPSA) is 66.0 Å². The lowest BCUT2D eigenvalue weighted by Gasteiger charge is -2.05. The van der Waals surface area contributed by atoms with E-state index in [1.807, 2.05) is 24.3 Å². The maximum Gasteiger partial charge on any atom is 0.193 e. The van der Waals surface area contributed by atoms with Crippen LogP contribution in [0.5, 0.6) is 0 Å². The summed E-state index contributed by atoms with van der Waals surface area (Å²) in [5.41, 5.74) is 1.72. The van der Waals surface area contributed by atoms with E-state index in [9.17, 15) is 0 Å². The molecule has 0 radical (unpaired) electrons. The molecule has 1 aliphatic rings.